The van der Waals surface area contributed by atoms with E-state index in [-0.39, 0.29) is 0 Å². The summed E-state index contributed by atoms with van der Waals surface area (Å²) in [5.74, 6) is -0.470. The summed E-state index contributed by atoms with van der Waals surface area (Å²) < 4.78 is 6.82. The summed E-state index contributed by atoms with van der Waals surface area (Å²) in [4.78, 5) is 10.5. The van der Waals surface area contributed by atoms with Gasteiger partial charge < -0.3 is 9.84 Å². The van der Waals surface area contributed by atoms with Gasteiger partial charge in [-0.2, -0.15) is 0 Å². The van der Waals surface area contributed by atoms with Crippen molar-refractivity contribution in [2.24, 2.45) is 0 Å². The first-order valence-corrected chi connectivity index (χ1v) is 5.44. The van der Waals surface area contributed by atoms with Crippen molar-refractivity contribution >= 4 is 37.8 Å². The fourth-order valence-corrected chi connectivity index (χ4v) is 1.95. The van der Waals surface area contributed by atoms with E-state index < -0.39 is 12.1 Å². The van der Waals surface area contributed by atoms with Gasteiger partial charge in [-0.05, 0) is 41.1 Å². The summed E-state index contributed by atoms with van der Waals surface area (Å²) in [7, 11) is 0. The molecule has 1 atom stereocenters. The molecule has 0 spiro atoms. The molecule has 0 aliphatic carbocycles. The summed E-state index contributed by atoms with van der Waals surface area (Å²) >= 11 is 6.57. The van der Waals surface area contributed by atoms with Crippen LogP contribution in [0.1, 0.15) is 6.92 Å². The standard InChI is InChI=1S/C9H8Br2O3/c1-5(9(12)13)14-8-3-2-6(10)4-7(8)11/h2-5H,1H3,(H,12,13)/t5-/m0/s1. The lowest BCUT2D eigenvalue weighted by atomic mass is 10.3. The summed E-state index contributed by atoms with van der Waals surface area (Å²) in [6.07, 6.45) is -0.854. The first-order chi connectivity index (χ1) is 6.50. The van der Waals surface area contributed by atoms with E-state index in [1.165, 1.54) is 6.92 Å². The largest absolute Gasteiger partial charge is 0.479 e. The van der Waals surface area contributed by atoms with E-state index in [1.54, 1.807) is 18.2 Å². The number of benzene rings is 1. The van der Waals surface area contributed by atoms with Crippen molar-refractivity contribution in [3.05, 3.63) is 27.1 Å². The molecule has 1 aromatic carbocycles. The van der Waals surface area contributed by atoms with Gasteiger partial charge >= 0.3 is 5.97 Å². The molecule has 3 nitrogen and oxygen atoms in total. The van der Waals surface area contributed by atoms with Gasteiger partial charge in [0.1, 0.15) is 5.75 Å². The highest BCUT2D eigenvalue weighted by Gasteiger charge is 2.13. The quantitative estimate of drug-likeness (QED) is 0.930. The van der Waals surface area contributed by atoms with Crippen LogP contribution < -0.4 is 4.74 Å². The highest BCUT2D eigenvalue weighted by atomic mass is 79.9. The fourth-order valence-electron chi connectivity index (χ4n) is 0.812. The van der Waals surface area contributed by atoms with Crippen molar-refractivity contribution in [2.75, 3.05) is 0 Å². The van der Waals surface area contributed by atoms with Gasteiger partial charge in [-0.15, -0.1) is 0 Å². The average Bonchev–Trinajstić information content (AvgIpc) is 2.09. The lowest BCUT2D eigenvalue weighted by molar-refractivity contribution is -0.144. The first-order valence-electron chi connectivity index (χ1n) is 3.85. The molecule has 1 N–H and O–H groups in total. The van der Waals surface area contributed by atoms with Gasteiger partial charge in [0.05, 0.1) is 4.47 Å². The predicted octanol–water partition coefficient (Wildman–Crippen LogP) is 3.06. The number of aliphatic carboxylic acids is 1. The Bertz CT molecular complexity index is 352. The van der Waals surface area contributed by atoms with Gasteiger partial charge in [-0.1, -0.05) is 15.9 Å². The van der Waals surface area contributed by atoms with Crippen molar-refractivity contribution in [1.29, 1.82) is 0 Å². The summed E-state index contributed by atoms with van der Waals surface area (Å²) in [5, 5.41) is 8.64. The minimum Gasteiger partial charge on any atom is -0.479 e. The molecule has 0 saturated heterocycles. The van der Waals surface area contributed by atoms with Crippen LogP contribution in [0.2, 0.25) is 0 Å². The Morgan fingerprint density at radius 1 is 1.50 bits per heavy atom. The van der Waals surface area contributed by atoms with E-state index in [2.05, 4.69) is 31.9 Å². The zero-order valence-corrected chi connectivity index (χ0v) is 10.5. The highest BCUT2D eigenvalue weighted by Crippen LogP contribution is 2.28. The number of rotatable bonds is 3. The van der Waals surface area contributed by atoms with Crippen LogP contribution in [0, 0.1) is 0 Å². The molecule has 0 aliphatic heterocycles. The number of carboxylic acids is 1. The van der Waals surface area contributed by atoms with E-state index in [0.29, 0.717) is 5.75 Å². The third-order valence-electron chi connectivity index (χ3n) is 1.55. The number of hydrogen-bond donors (Lipinski definition) is 1. The van der Waals surface area contributed by atoms with E-state index in [0.717, 1.165) is 8.95 Å². The van der Waals surface area contributed by atoms with Gasteiger partial charge in [0.15, 0.2) is 6.10 Å². The van der Waals surface area contributed by atoms with Crippen molar-refractivity contribution in [3.8, 4) is 5.75 Å². The van der Waals surface area contributed by atoms with Crippen LogP contribution in [0.3, 0.4) is 0 Å². The maximum atomic E-state index is 10.5. The normalized spacial score (nSPS) is 12.2. The molecule has 0 heterocycles. The average molecular weight is 324 g/mol. The Balaban J connectivity index is 2.82. The summed E-state index contributed by atoms with van der Waals surface area (Å²) in [5.41, 5.74) is 0. The molecular weight excluding hydrogens is 316 g/mol. The Morgan fingerprint density at radius 3 is 2.64 bits per heavy atom. The molecule has 14 heavy (non-hydrogen) atoms. The molecule has 5 heteroatoms. The van der Waals surface area contributed by atoms with Gasteiger partial charge in [0.25, 0.3) is 0 Å². The molecule has 0 bridgehead atoms. The lowest BCUT2D eigenvalue weighted by Gasteiger charge is -2.11. The molecule has 0 unspecified atom stereocenters. The van der Waals surface area contributed by atoms with E-state index in [9.17, 15) is 4.79 Å². The van der Waals surface area contributed by atoms with Crippen LogP contribution in [-0.2, 0) is 4.79 Å². The molecule has 0 aromatic heterocycles. The second-order valence-corrected chi connectivity index (χ2v) is 4.44. The second kappa shape index (κ2) is 4.79. The SMILES string of the molecule is C[C@H](Oc1ccc(Br)cc1Br)C(=O)O. The number of carbonyl (C=O) groups is 1. The molecule has 0 fully saturated rings. The zero-order valence-electron chi connectivity index (χ0n) is 7.33. The highest BCUT2D eigenvalue weighted by molar-refractivity contribution is 9.11. The van der Waals surface area contributed by atoms with Gasteiger partial charge in [-0.25, -0.2) is 4.79 Å². The second-order valence-electron chi connectivity index (χ2n) is 2.67. The van der Waals surface area contributed by atoms with Crippen molar-refractivity contribution < 1.29 is 14.6 Å². The van der Waals surface area contributed by atoms with E-state index in [4.69, 9.17) is 9.84 Å². The molecule has 0 amide bonds. The Morgan fingerprint density at radius 2 is 2.14 bits per heavy atom. The lowest BCUT2D eigenvalue weighted by Crippen LogP contribution is -2.22. The number of ether oxygens (including phenoxy) is 1. The number of halogens is 2. The van der Waals surface area contributed by atoms with Crippen LogP contribution in [0.15, 0.2) is 27.1 Å². The predicted molar refractivity (Wildman–Crippen MR) is 59.6 cm³/mol. The summed E-state index contributed by atoms with van der Waals surface area (Å²) in [6.45, 7) is 1.48. The third kappa shape index (κ3) is 2.99. The van der Waals surface area contributed by atoms with Crippen LogP contribution in [0.4, 0.5) is 0 Å². The van der Waals surface area contributed by atoms with Crippen LogP contribution in [-0.4, -0.2) is 17.2 Å². The first kappa shape index (κ1) is 11.5. The molecule has 0 saturated carbocycles. The monoisotopic (exact) mass is 322 g/mol. The molecule has 1 aromatic rings. The van der Waals surface area contributed by atoms with Crippen LogP contribution >= 0.6 is 31.9 Å². The van der Waals surface area contributed by atoms with Gasteiger partial charge in [-0.3, -0.25) is 0 Å². The molecule has 0 aliphatic rings. The van der Waals surface area contributed by atoms with Gasteiger partial charge in [0.2, 0.25) is 0 Å². The topological polar surface area (TPSA) is 46.5 Å². The Labute approximate surface area is 98.3 Å². The van der Waals surface area contributed by atoms with Crippen molar-refractivity contribution in [1.82, 2.24) is 0 Å². The fraction of sp³-hybridized carbons (Fsp3) is 0.222. The molecule has 76 valence electrons. The molecular formula is C9H8Br2O3. The van der Waals surface area contributed by atoms with E-state index >= 15 is 0 Å². The van der Waals surface area contributed by atoms with Crippen molar-refractivity contribution in [3.63, 3.8) is 0 Å². The maximum Gasteiger partial charge on any atom is 0.344 e. The molecule has 0 radical (unpaired) electrons. The minimum atomic E-state index is -0.986. The number of carboxylic acid groups (broad SMARTS) is 1. The molecule has 1 rings (SSSR count). The Hall–Kier alpha value is -0.550. The van der Waals surface area contributed by atoms with Crippen LogP contribution in [0.25, 0.3) is 0 Å². The van der Waals surface area contributed by atoms with E-state index in [1.807, 2.05) is 0 Å². The smallest absolute Gasteiger partial charge is 0.344 e. The third-order valence-corrected chi connectivity index (χ3v) is 2.66. The van der Waals surface area contributed by atoms with Crippen molar-refractivity contribution in [2.45, 2.75) is 13.0 Å². The maximum absolute atomic E-state index is 10.5. The Kier molecular flexibility index (Phi) is 3.95. The zero-order chi connectivity index (χ0) is 10.7. The summed E-state index contributed by atoms with van der Waals surface area (Å²) in [6, 6.07) is 5.28. The number of hydrogen-bond acceptors (Lipinski definition) is 2. The minimum absolute atomic E-state index is 0.517. The van der Waals surface area contributed by atoms with Gasteiger partial charge in [0, 0.05) is 4.47 Å². The van der Waals surface area contributed by atoms with Crippen LogP contribution in [0.5, 0.6) is 5.75 Å².